The summed E-state index contributed by atoms with van der Waals surface area (Å²) in [5, 5.41) is 17.5. The first-order valence-corrected chi connectivity index (χ1v) is 12.2. The van der Waals surface area contributed by atoms with E-state index < -0.39 is 35.2 Å². The Morgan fingerprint density at radius 2 is 1.97 bits per heavy atom. The second-order valence-corrected chi connectivity index (χ2v) is 9.38. The third kappa shape index (κ3) is 9.04. The number of nitrogens with zero attached hydrogens (tertiary/aromatic N) is 5. The highest BCUT2D eigenvalue weighted by Crippen LogP contribution is 2.20. The lowest BCUT2D eigenvalue weighted by Gasteiger charge is -2.26. The van der Waals surface area contributed by atoms with E-state index in [-0.39, 0.29) is 37.1 Å². The highest BCUT2D eigenvalue weighted by atomic mass is 19.1. The molecule has 0 fully saturated rings. The molecule has 3 rings (SSSR count). The van der Waals surface area contributed by atoms with Crippen LogP contribution in [0.15, 0.2) is 42.6 Å². The zero-order valence-electron chi connectivity index (χ0n) is 21.9. The van der Waals surface area contributed by atoms with Gasteiger partial charge < -0.3 is 25.8 Å². The minimum absolute atomic E-state index is 0.0966. The number of carbonyl (C=O) groups is 2. The lowest BCUT2D eigenvalue weighted by Crippen LogP contribution is -2.51. The molecule has 0 unspecified atom stereocenters. The van der Waals surface area contributed by atoms with Crippen LogP contribution in [0.1, 0.15) is 50.7 Å². The van der Waals surface area contributed by atoms with Gasteiger partial charge in [0, 0.05) is 37.4 Å². The average molecular weight is 547 g/mol. The number of aromatic nitrogens is 5. The highest BCUT2D eigenvalue weighted by Gasteiger charge is 2.30. The summed E-state index contributed by atoms with van der Waals surface area (Å²) in [5.41, 5.74) is 4.88. The molecule has 4 N–H and O–H groups in total. The number of ether oxygens (including phenoxy) is 2. The van der Waals surface area contributed by atoms with Crippen LogP contribution in [-0.2, 0) is 20.9 Å². The van der Waals surface area contributed by atoms with Crippen molar-refractivity contribution in [3.63, 3.8) is 0 Å². The molecule has 12 nitrogen and oxygen atoms in total. The van der Waals surface area contributed by atoms with Crippen molar-refractivity contribution in [1.82, 2.24) is 35.8 Å². The molecule has 2 amide bonds. The lowest BCUT2D eigenvalue weighted by molar-refractivity contribution is -0.126. The third-order valence-electron chi connectivity index (χ3n) is 5.54. The first-order valence-electron chi connectivity index (χ1n) is 12.2. The fourth-order valence-corrected chi connectivity index (χ4v) is 3.45. The fraction of sp³-hybridized carbons (Fsp3) is 0.440. The molecule has 0 spiro atoms. The Hall–Kier alpha value is -4.04. The van der Waals surface area contributed by atoms with Gasteiger partial charge in [0.25, 0.3) is 0 Å². The molecule has 0 bridgehead atoms. The number of nitrogens with one attached hydrogen (secondary N) is 2. The molecule has 0 saturated carbocycles. The largest absolute Gasteiger partial charge is 0.475 e. The van der Waals surface area contributed by atoms with Crippen LogP contribution in [0.4, 0.5) is 8.78 Å². The number of amides is 2. The molecular formula is C25H32F2N8O4. The van der Waals surface area contributed by atoms with Crippen molar-refractivity contribution in [3.8, 4) is 5.88 Å². The van der Waals surface area contributed by atoms with Crippen LogP contribution in [0.2, 0.25) is 0 Å². The molecule has 0 aliphatic heterocycles. The molecule has 0 aliphatic rings. The fourth-order valence-electron chi connectivity index (χ4n) is 3.45. The predicted octanol–water partition coefficient (Wildman–Crippen LogP) is 1.60. The maximum absolute atomic E-state index is 14.1. The highest BCUT2D eigenvalue weighted by molar-refractivity contribution is 5.85. The number of carbonyl (C=O) groups excluding carboxylic acids is 2. The SMILES string of the molecule is CC(=O)NCC[C@H](COc1ccccn1)n1nnnc1[C@@H](COCc1ccc(F)cc1F)NC(=O)C(C)(C)N. The van der Waals surface area contributed by atoms with Crippen molar-refractivity contribution < 1.29 is 27.8 Å². The van der Waals surface area contributed by atoms with E-state index in [9.17, 15) is 18.4 Å². The molecule has 3 aromatic rings. The topological polar surface area (TPSA) is 159 Å². The quantitative estimate of drug-likeness (QED) is 0.273. The van der Waals surface area contributed by atoms with Crippen molar-refractivity contribution in [3.05, 3.63) is 65.6 Å². The minimum atomic E-state index is -1.23. The molecule has 2 heterocycles. The molecule has 0 aliphatic carbocycles. The van der Waals surface area contributed by atoms with Crippen LogP contribution in [-0.4, -0.2) is 62.3 Å². The maximum atomic E-state index is 14.1. The van der Waals surface area contributed by atoms with Gasteiger partial charge >= 0.3 is 0 Å². The number of pyridine rings is 1. The molecule has 14 heteroatoms. The summed E-state index contributed by atoms with van der Waals surface area (Å²) in [6.07, 6.45) is 1.97. The zero-order chi connectivity index (χ0) is 28.4. The van der Waals surface area contributed by atoms with Gasteiger partial charge in [-0.05, 0) is 42.8 Å². The van der Waals surface area contributed by atoms with Gasteiger partial charge in [-0.2, -0.15) is 0 Å². The normalized spacial score (nSPS) is 13.0. The number of tetrazole rings is 1. The number of hydrogen-bond donors (Lipinski definition) is 3. The van der Waals surface area contributed by atoms with E-state index in [4.69, 9.17) is 15.2 Å². The first kappa shape index (κ1) is 29.5. The number of rotatable bonds is 14. The molecule has 1 aromatic carbocycles. The van der Waals surface area contributed by atoms with Crippen molar-refractivity contribution >= 4 is 11.8 Å². The molecule has 210 valence electrons. The second kappa shape index (κ2) is 13.7. The van der Waals surface area contributed by atoms with Crippen LogP contribution in [0.25, 0.3) is 0 Å². The van der Waals surface area contributed by atoms with Gasteiger partial charge in [-0.15, -0.1) is 5.10 Å². The Morgan fingerprint density at radius 1 is 1.18 bits per heavy atom. The Balaban J connectivity index is 1.83. The van der Waals surface area contributed by atoms with E-state index >= 15 is 0 Å². The Kier molecular flexibility index (Phi) is 10.3. The number of halogens is 2. The smallest absolute Gasteiger partial charge is 0.240 e. The number of benzene rings is 1. The van der Waals surface area contributed by atoms with Gasteiger partial charge in [-0.1, -0.05) is 12.1 Å². The second-order valence-electron chi connectivity index (χ2n) is 9.38. The van der Waals surface area contributed by atoms with Crippen LogP contribution in [0, 0.1) is 11.6 Å². The van der Waals surface area contributed by atoms with Crippen LogP contribution >= 0.6 is 0 Å². The van der Waals surface area contributed by atoms with E-state index in [1.165, 1.54) is 31.5 Å². The Morgan fingerprint density at radius 3 is 2.64 bits per heavy atom. The molecule has 39 heavy (non-hydrogen) atoms. The predicted molar refractivity (Wildman–Crippen MR) is 135 cm³/mol. The van der Waals surface area contributed by atoms with Gasteiger partial charge in [0.2, 0.25) is 17.7 Å². The summed E-state index contributed by atoms with van der Waals surface area (Å²) in [5.74, 6) is -1.55. The van der Waals surface area contributed by atoms with E-state index in [1.807, 2.05) is 0 Å². The van der Waals surface area contributed by atoms with E-state index in [1.54, 1.807) is 24.4 Å². The van der Waals surface area contributed by atoms with Gasteiger partial charge in [-0.3, -0.25) is 9.59 Å². The molecule has 0 radical (unpaired) electrons. The Labute approximate surface area is 224 Å². The molecular weight excluding hydrogens is 514 g/mol. The summed E-state index contributed by atoms with van der Waals surface area (Å²) >= 11 is 0. The summed E-state index contributed by atoms with van der Waals surface area (Å²) in [6.45, 7) is 4.53. The monoisotopic (exact) mass is 546 g/mol. The van der Waals surface area contributed by atoms with Crippen molar-refractivity contribution in [2.75, 3.05) is 19.8 Å². The summed E-state index contributed by atoms with van der Waals surface area (Å²) < 4.78 is 40.3. The summed E-state index contributed by atoms with van der Waals surface area (Å²) in [6, 6.07) is 7.01. The molecule has 2 atom stereocenters. The summed E-state index contributed by atoms with van der Waals surface area (Å²) in [4.78, 5) is 28.4. The standard InChI is InChI=1S/C25H32F2N8O4/c1-16(36)29-11-9-19(14-39-22-6-4-5-10-30-22)35-23(32-33-34-35)21(31-24(37)25(2,3)28)15-38-13-17-7-8-18(26)12-20(17)27/h4-8,10,12,19,21H,9,11,13-15,28H2,1-3H3,(H,29,36)(H,31,37)/t19-,21-/m1/s1. The van der Waals surface area contributed by atoms with E-state index in [0.29, 0.717) is 18.8 Å². The lowest BCUT2D eigenvalue weighted by atomic mass is 10.1. The van der Waals surface area contributed by atoms with Crippen molar-refractivity contribution in [2.24, 2.45) is 5.73 Å². The number of hydrogen-bond acceptors (Lipinski definition) is 9. The van der Waals surface area contributed by atoms with E-state index in [2.05, 4.69) is 31.1 Å². The minimum Gasteiger partial charge on any atom is -0.475 e. The van der Waals surface area contributed by atoms with Gasteiger partial charge in [0.1, 0.15) is 24.3 Å². The zero-order valence-corrected chi connectivity index (χ0v) is 21.9. The maximum Gasteiger partial charge on any atom is 0.240 e. The average Bonchev–Trinajstić information content (AvgIpc) is 3.36. The van der Waals surface area contributed by atoms with Gasteiger partial charge in [0.15, 0.2) is 5.82 Å². The van der Waals surface area contributed by atoms with Crippen molar-refractivity contribution in [1.29, 1.82) is 0 Å². The van der Waals surface area contributed by atoms with Gasteiger partial charge in [-0.25, -0.2) is 18.4 Å². The van der Waals surface area contributed by atoms with Crippen LogP contribution < -0.4 is 21.1 Å². The summed E-state index contributed by atoms with van der Waals surface area (Å²) in [7, 11) is 0. The van der Waals surface area contributed by atoms with Crippen LogP contribution in [0.5, 0.6) is 5.88 Å². The molecule has 0 saturated heterocycles. The van der Waals surface area contributed by atoms with Crippen molar-refractivity contribution in [2.45, 2.75) is 51.4 Å². The van der Waals surface area contributed by atoms with Gasteiger partial charge in [0.05, 0.1) is 24.8 Å². The van der Waals surface area contributed by atoms with E-state index in [0.717, 1.165) is 12.1 Å². The van der Waals surface area contributed by atoms with Crippen LogP contribution in [0.3, 0.4) is 0 Å². The first-order chi connectivity index (χ1) is 18.5. The Bertz CT molecular complexity index is 1240. The molecule has 2 aromatic heterocycles. The number of nitrogens with two attached hydrogens (primary N) is 1. The third-order valence-corrected chi connectivity index (χ3v) is 5.54.